The molecule has 0 atom stereocenters. The van der Waals surface area contributed by atoms with Gasteiger partial charge in [-0.3, -0.25) is 0 Å². The summed E-state index contributed by atoms with van der Waals surface area (Å²) in [7, 11) is 0. The van der Waals surface area contributed by atoms with E-state index in [9.17, 15) is 4.79 Å². The van der Waals surface area contributed by atoms with Crippen molar-refractivity contribution in [1.29, 1.82) is 0 Å². The molecule has 0 aromatic heterocycles. The van der Waals surface area contributed by atoms with E-state index in [1.807, 2.05) is 38.1 Å². The molecule has 0 bridgehead atoms. The highest BCUT2D eigenvalue weighted by Gasteiger charge is 2.14. The van der Waals surface area contributed by atoms with Crippen LogP contribution in [0.5, 0.6) is 5.75 Å². The highest BCUT2D eigenvalue weighted by atomic mass is 16.5. The average Bonchev–Trinajstić information content (AvgIpc) is 2.56. The van der Waals surface area contributed by atoms with Crippen LogP contribution in [-0.2, 0) is 0 Å². The Bertz CT molecular complexity index is 952. The smallest absolute Gasteiger partial charge is 0.343 e. The SMILES string of the molecule is Cc1cccc(C(=O)Oc2cc3c(C)ccc(C(C)C)c3cc2C)c1. The Hall–Kier alpha value is -2.61. The molecule has 0 heterocycles. The van der Waals surface area contributed by atoms with E-state index in [2.05, 4.69) is 39.0 Å². The molecular formula is C23H24O2. The maximum absolute atomic E-state index is 12.5. The van der Waals surface area contributed by atoms with E-state index in [0.717, 1.165) is 16.5 Å². The Labute approximate surface area is 149 Å². The second-order valence-corrected chi connectivity index (χ2v) is 7.05. The molecule has 0 aliphatic heterocycles. The standard InChI is InChI=1S/C23H24O2/c1-14(2)19-10-9-16(4)20-13-22(17(5)12-21(19)20)25-23(24)18-8-6-7-15(3)11-18/h6-14H,1-5H3. The average molecular weight is 332 g/mol. The van der Waals surface area contributed by atoms with Crippen molar-refractivity contribution >= 4 is 16.7 Å². The maximum atomic E-state index is 12.5. The number of carbonyl (C=O) groups is 1. The molecule has 2 heteroatoms. The Morgan fingerprint density at radius 3 is 2.32 bits per heavy atom. The number of carbonyl (C=O) groups excluding carboxylic acids is 1. The van der Waals surface area contributed by atoms with Crippen molar-refractivity contribution in [2.24, 2.45) is 0 Å². The van der Waals surface area contributed by atoms with Crippen LogP contribution in [0.1, 0.15) is 52.4 Å². The van der Waals surface area contributed by atoms with Crippen molar-refractivity contribution in [2.45, 2.75) is 40.5 Å². The van der Waals surface area contributed by atoms with Gasteiger partial charge in [0.25, 0.3) is 0 Å². The van der Waals surface area contributed by atoms with Gasteiger partial charge in [0.15, 0.2) is 0 Å². The zero-order valence-electron chi connectivity index (χ0n) is 15.5. The van der Waals surface area contributed by atoms with E-state index in [-0.39, 0.29) is 5.97 Å². The molecule has 0 aliphatic carbocycles. The molecule has 0 radical (unpaired) electrons. The van der Waals surface area contributed by atoms with Crippen LogP contribution >= 0.6 is 0 Å². The van der Waals surface area contributed by atoms with Crippen LogP contribution in [0, 0.1) is 20.8 Å². The third kappa shape index (κ3) is 3.43. The first-order valence-corrected chi connectivity index (χ1v) is 8.69. The molecule has 0 spiro atoms. The van der Waals surface area contributed by atoms with Gasteiger partial charge < -0.3 is 4.74 Å². The van der Waals surface area contributed by atoms with Crippen molar-refractivity contribution < 1.29 is 9.53 Å². The topological polar surface area (TPSA) is 26.3 Å². The molecule has 25 heavy (non-hydrogen) atoms. The predicted octanol–water partition coefficient (Wildman–Crippen LogP) is 6.11. The second kappa shape index (κ2) is 6.72. The first-order valence-electron chi connectivity index (χ1n) is 8.69. The maximum Gasteiger partial charge on any atom is 0.343 e. The van der Waals surface area contributed by atoms with Crippen molar-refractivity contribution in [3.05, 3.63) is 76.3 Å². The van der Waals surface area contributed by atoms with Gasteiger partial charge in [0.1, 0.15) is 5.75 Å². The number of ether oxygens (including phenoxy) is 1. The monoisotopic (exact) mass is 332 g/mol. The van der Waals surface area contributed by atoms with Gasteiger partial charge in [-0.1, -0.05) is 43.7 Å². The summed E-state index contributed by atoms with van der Waals surface area (Å²) < 4.78 is 5.71. The Morgan fingerprint density at radius 1 is 0.880 bits per heavy atom. The van der Waals surface area contributed by atoms with Crippen molar-refractivity contribution in [3.63, 3.8) is 0 Å². The van der Waals surface area contributed by atoms with Gasteiger partial charge in [-0.25, -0.2) is 4.79 Å². The van der Waals surface area contributed by atoms with Gasteiger partial charge in [0.05, 0.1) is 5.56 Å². The van der Waals surface area contributed by atoms with Crippen LogP contribution in [0.3, 0.4) is 0 Å². The Balaban J connectivity index is 2.04. The normalized spacial score (nSPS) is 11.1. The molecule has 3 aromatic rings. The minimum atomic E-state index is -0.316. The summed E-state index contributed by atoms with van der Waals surface area (Å²) in [5, 5.41) is 2.38. The fourth-order valence-electron chi connectivity index (χ4n) is 3.19. The van der Waals surface area contributed by atoms with Gasteiger partial charge in [0, 0.05) is 0 Å². The molecule has 2 nitrogen and oxygen atoms in total. The fraction of sp³-hybridized carbons (Fsp3) is 0.261. The highest BCUT2D eigenvalue weighted by Crippen LogP contribution is 2.33. The zero-order chi connectivity index (χ0) is 18.1. The number of esters is 1. The second-order valence-electron chi connectivity index (χ2n) is 7.05. The number of benzene rings is 3. The number of rotatable bonds is 3. The van der Waals surface area contributed by atoms with Crippen LogP contribution in [0.2, 0.25) is 0 Å². The molecule has 0 unspecified atom stereocenters. The molecule has 3 rings (SSSR count). The van der Waals surface area contributed by atoms with Crippen molar-refractivity contribution in [3.8, 4) is 5.75 Å². The lowest BCUT2D eigenvalue weighted by atomic mass is 9.92. The highest BCUT2D eigenvalue weighted by molar-refractivity contribution is 5.94. The summed E-state index contributed by atoms with van der Waals surface area (Å²) in [6, 6.07) is 15.9. The zero-order valence-corrected chi connectivity index (χ0v) is 15.5. The molecule has 0 fully saturated rings. The largest absolute Gasteiger partial charge is 0.423 e. The van der Waals surface area contributed by atoms with Crippen LogP contribution in [0.15, 0.2) is 48.5 Å². The van der Waals surface area contributed by atoms with E-state index >= 15 is 0 Å². The molecule has 0 saturated carbocycles. The van der Waals surface area contributed by atoms with E-state index in [1.165, 1.54) is 16.5 Å². The Morgan fingerprint density at radius 2 is 1.64 bits per heavy atom. The van der Waals surface area contributed by atoms with Crippen molar-refractivity contribution in [1.82, 2.24) is 0 Å². The number of aryl methyl sites for hydroxylation is 3. The van der Waals surface area contributed by atoms with Crippen LogP contribution in [0.4, 0.5) is 0 Å². The van der Waals surface area contributed by atoms with E-state index in [0.29, 0.717) is 17.2 Å². The number of hydrogen-bond acceptors (Lipinski definition) is 2. The summed E-state index contributed by atoms with van der Waals surface area (Å²) in [5.74, 6) is 0.759. The number of fused-ring (bicyclic) bond motifs is 1. The fourth-order valence-corrected chi connectivity index (χ4v) is 3.19. The van der Waals surface area contributed by atoms with Crippen LogP contribution in [0.25, 0.3) is 10.8 Å². The van der Waals surface area contributed by atoms with E-state index in [1.54, 1.807) is 6.07 Å². The summed E-state index contributed by atoms with van der Waals surface area (Å²) in [6.45, 7) is 10.4. The molecule has 0 amide bonds. The van der Waals surface area contributed by atoms with Crippen molar-refractivity contribution in [2.75, 3.05) is 0 Å². The lowest BCUT2D eigenvalue weighted by Crippen LogP contribution is -2.09. The van der Waals surface area contributed by atoms with Gasteiger partial charge in [-0.05, 0) is 78.4 Å². The molecule has 3 aromatic carbocycles. The lowest BCUT2D eigenvalue weighted by molar-refractivity contribution is 0.0733. The van der Waals surface area contributed by atoms with E-state index in [4.69, 9.17) is 4.74 Å². The number of hydrogen-bond donors (Lipinski definition) is 0. The minimum absolute atomic E-state index is 0.316. The summed E-state index contributed by atoms with van der Waals surface area (Å²) >= 11 is 0. The lowest BCUT2D eigenvalue weighted by Gasteiger charge is -2.15. The Kier molecular flexibility index (Phi) is 4.63. The molecule has 0 N–H and O–H groups in total. The minimum Gasteiger partial charge on any atom is -0.423 e. The molecule has 0 aliphatic rings. The van der Waals surface area contributed by atoms with Gasteiger partial charge in [0.2, 0.25) is 0 Å². The molecule has 0 saturated heterocycles. The molecular weight excluding hydrogens is 308 g/mol. The van der Waals surface area contributed by atoms with Gasteiger partial charge >= 0.3 is 5.97 Å². The first-order chi connectivity index (χ1) is 11.9. The van der Waals surface area contributed by atoms with Gasteiger partial charge in [-0.15, -0.1) is 0 Å². The molecule has 128 valence electrons. The summed E-state index contributed by atoms with van der Waals surface area (Å²) in [5.41, 5.74) is 5.10. The predicted molar refractivity (Wildman–Crippen MR) is 104 cm³/mol. The summed E-state index contributed by atoms with van der Waals surface area (Å²) in [6.07, 6.45) is 0. The van der Waals surface area contributed by atoms with Crippen LogP contribution in [-0.4, -0.2) is 5.97 Å². The third-order valence-electron chi connectivity index (χ3n) is 4.64. The van der Waals surface area contributed by atoms with Crippen LogP contribution < -0.4 is 4.74 Å². The van der Waals surface area contributed by atoms with E-state index < -0.39 is 0 Å². The third-order valence-corrected chi connectivity index (χ3v) is 4.64. The van der Waals surface area contributed by atoms with Gasteiger partial charge in [-0.2, -0.15) is 0 Å². The first kappa shape index (κ1) is 17.2. The quantitative estimate of drug-likeness (QED) is 0.427. The summed E-state index contributed by atoms with van der Waals surface area (Å²) in [4.78, 5) is 12.5.